The number of carbonyl (C=O) groups excluding carboxylic acids is 1. The van der Waals surface area contributed by atoms with Crippen LogP contribution in [-0.4, -0.2) is 39.8 Å². The highest BCUT2D eigenvalue weighted by molar-refractivity contribution is 7.98. The van der Waals surface area contributed by atoms with E-state index in [1.54, 1.807) is 11.8 Å². The Morgan fingerprint density at radius 1 is 1.33 bits per heavy atom. The molecular formula is C19H25N3OS. The number of thioether (sulfide) groups is 1. The molecule has 0 N–H and O–H groups in total. The van der Waals surface area contributed by atoms with Gasteiger partial charge in [-0.05, 0) is 44.7 Å². The summed E-state index contributed by atoms with van der Waals surface area (Å²) in [4.78, 5) is 16.4. The van der Waals surface area contributed by atoms with Crippen LogP contribution in [0.5, 0.6) is 0 Å². The summed E-state index contributed by atoms with van der Waals surface area (Å²) in [5.41, 5.74) is 3.31. The lowest BCUT2D eigenvalue weighted by molar-refractivity contribution is 0.0811. The first kappa shape index (κ1) is 17.2. The van der Waals surface area contributed by atoms with Gasteiger partial charge in [0.2, 0.25) is 0 Å². The number of aromatic nitrogens is 2. The molecule has 4 nitrogen and oxygen atoms in total. The van der Waals surface area contributed by atoms with E-state index >= 15 is 0 Å². The molecule has 0 spiro atoms. The average molecular weight is 343 g/mol. The Labute approximate surface area is 148 Å². The van der Waals surface area contributed by atoms with Crippen LogP contribution < -0.4 is 0 Å². The van der Waals surface area contributed by atoms with Crippen molar-refractivity contribution in [2.45, 2.75) is 31.2 Å². The van der Waals surface area contributed by atoms with Crippen LogP contribution in [0.2, 0.25) is 0 Å². The zero-order valence-electron chi connectivity index (χ0n) is 14.7. The molecule has 1 aliphatic rings. The number of hydrogen-bond donors (Lipinski definition) is 0. The van der Waals surface area contributed by atoms with Crippen molar-refractivity contribution in [2.24, 2.45) is 13.0 Å². The van der Waals surface area contributed by atoms with E-state index in [1.165, 1.54) is 16.2 Å². The van der Waals surface area contributed by atoms with Crippen molar-refractivity contribution in [3.8, 4) is 0 Å². The minimum Gasteiger partial charge on any atom is -0.298 e. The maximum atomic E-state index is 12.8. The van der Waals surface area contributed by atoms with E-state index in [-0.39, 0.29) is 11.7 Å². The molecule has 1 fully saturated rings. The van der Waals surface area contributed by atoms with E-state index in [4.69, 9.17) is 0 Å². The van der Waals surface area contributed by atoms with Gasteiger partial charge in [0.1, 0.15) is 0 Å². The van der Waals surface area contributed by atoms with Gasteiger partial charge in [-0.3, -0.25) is 14.4 Å². The Hall–Kier alpha value is -1.59. The molecule has 1 atom stereocenters. The van der Waals surface area contributed by atoms with Gasteiger partial charge >= 0.3 is 0 Å². The second-order valence-electron chi connectivity index (χ2n) is 6.55. The third-order valence-corrected chi connectivity index (χ3v) is 5.73. The molecule has 3 rings (SSSR count). The van der Waals surface area contributed by atoms with Crippen LogP contribution in [0, 0.1) is 12.8 Å². The lowest BCUT2D eigenvalue weighted by atomic mass is 9.90. The van der Waals surface area contributed by atoms with E-state index in [0.29, 0.717) is 0 Å². The first-order valence-electron chi connectivity index (χ1n) is 8.46. The normalized spacial score (nSPS) is 18.7. The predicted molar refractivity (Wildman–Crippen MR) is 98.5 cm³/mol. The number of aryl methyl sites for hydroxylation is 1. The Kier molecular flexibility index (Phi) is 5.41. The van der Waals surface area contributed by atoms with Crippen molar-refractivity contribution >= 4 is 17.5 Å². The fourth-order valence-corrected chi connectivity index (χ4v) is 3.75. The zero-order chi connectivity index (χ0) is 17.1. The number of Topliss-reactive ketones (excluding diaryl/α,β-unsaturated/α-hetero) is 1. The van der Waals surface area contributed by atoms with Crippen molar-refractivity contribution in [1.82, 2.24) is 14.7 Å². The standard InChI is InChI=1S/C19H25N3OS/c1-14-17(11-20-21(14)2)13-22-10-4-5-16(12-22)19(23)15-6-8-18(24-3)9-7-15/h6-9,11,16H,4-5,10,12-13H2,1-3H3. The molecule has 0 aliphatic carbocycles. The molecular weight excluding hydrogens is 318 g/mol. The van der Waals surface area contributed by atoms with Crippen molar-refractivity contribution in [1.29, 1.82) is 0 Å². The smallest absolute Gasteiger partial charge is 0.167 e. The van der Waals surface area contributed by atoms with E-state index in [9.17, 15) is 4.79 Å². The third kappa shape index (κ3) is 3.73. The van der Waals surface area contributed by atoms with Gasteiger partial charge in [0, 0.05) is 47.8 Å². The summed E-state index contributed by atoms with van der Waals surface area (Å²) >= 11 is 1.70. The average Bonchev–Trinajstić information content (AvgIpc) is 2.93. The number of rotatable bonds is 5. The number of benzene rings is 1. The number of ketones is 1. The summed E-state index contributed by atoms with van der Waals surface area (Å²) in [5.74, 6) is 0.395. The van der Waals surface area contributed by atoms with Crippen LogP contribution >= 0.6 is 11.8 Å². The SMILES string of the molecule is CSc1ccc(C(=O)C2CCCN(Cc3cnn(C)c3C)C2)cc1. The lowest BCUT2D eigenvalue weighted by Gasteiger charge is -2.32. The van der Waals surface area contributed by atoms with E-state index in [2.05, 4.69) is 23.2 Å². The van der Waals surface area contributed by atoms with E-state index < -0.39 is 0 Å². The summed E-state index contributed by atoms with van der Waals surface area (Å²) < 4.78 is 1.91. The van der Waals surface area contributed by atoms with Crippen molar-refractivity contribution < 1.29 is 4.79 Å². The Morgan fingerprint density at radius 3 is 2.71 bits per heavy atom. The maximum Gasteiger partial charge on any atom is 0.167 e. The van der Waals surface area contributed by atoms with Gasteiger partial charge in [-0.15, -0.1) is 11.8 Å². The molecule has 1 aromatic carbocycles. The molecule has 1 aromatic heterocycles. The Morgan fingerprint density at radius 2 is 2.08 bits per heavy atom. The van der Waals surface area contributed by atoms with Crippen LogP contribution in [0.1, 0.15) is 34.5 Å². The second-order valence-corrected chi connectivity index (χ2v) is 7.43. The zero-order valence-corrected chi connectivity index (χ0v) is 15.5. The molecule has 0 bridgehead atoms. The van der Waals surface area contributed by atoms with Crippen LogP contribution in [0.3, 0.4) is 0 Å². The second kappa shape index (κ2) is 7.53. The summed E-state index contributed by atoms with van der Waals surface area (Å²) in [5, 5.41) is 4.32. The van der Waals surface area contributed by atoms with Gasteiger partial charge in [-0.2, -0.15) is 5.10 Å². The van der Waals surface area contributed by atoms with Gasteiger partial charge in [0.15, 0.2) is 5.78 Å². The molecule has 128 valence electrons. The fourth-order valence-electron chi connectivity index (χ4n) is 3.34. The summed E-state index contributed by atoms with van der Waals surface area (Å²) in [7, 11) is 1.97. The fraction of sp³-hybridized carbons (Fsp3) is 0.474. The maximum absolute atomic E-state index is 12.8. The van der Waals surface area contributed by atoms with Crippen molar-refractivity contribution in [3.05, 3.63) is 47.3 Å². The Bertz CT molecular complexity index is 708. The summed E-state index contributed by atoms with van der Waals surface area (Å²) in [6, 6.07) is 8.02. The summed E-state index contributed by atoms with van der Waals surface area (Å²) in [6.45, 7) is 4.89. The van der Waals surface area contributed by atoms with E-state index in [1.807, 2.05) is 42.2 Å². The summed E-state index contributed by atoms with van der Waals surface area (Å²) in [6.07, 6.45) is 6.07. The molecule has 2 heterocycles. The van der Waals surface area contributed by atoms with Crippen molar-refractivity contribution in [2.75, 3.05) is 19.3 Å². The van der Waals surface area contributed by atoms with Crippen LogP contribution in [0.25, 0.3) is 0 Å². The quantitative estimate of drug-likeness (QED) is 0.615. The monoisotopic (exact) mass is 343 g/mol. The van der Waals surface area contributed by atoms with Gasteiger partial charge in [-0.1, -0.05) is 12.1 Å². The third-order valence-electron chi connectivity index (χ3n) is 4.98. The first-order valence-corrected chi connectivity index (χ1v) is 9.69. The van der Waals surface area contributed by atoms with Gasteiger partial charge in [-0.25, -0.2) is 0 Å². The predicted octanol–water partition coefficient (Wildman–Crippen LogP) is 3.55. The largest absolute Gasteiger partial charge is 0.298 e. The first-order chi connectivity index (χ1) is 11.6. The number of piperidine rings is 1. The molecule has 1 unspecified atom stereocenters. The number of carbonyl (C=O) groups is 1. The highest BCUT2D eigenvalue weighted by atomic mass is 32.2. The topological polar surface area (TPSA) is 38.1 Å². The molecule has 0 saturated carbocycles. The number of nitrogens with zero attached hydrogens (tertiary/aromatic N) is 3. The molecule has 2 aromatic rings. The molecule has 1 saturated heterocycles. The molecule has 5 heteroatoms. The van der Waals surface area contributed by atoms with Gasteiger partial charge < -0.3 is 0 Å². The Balaban J connectivity index is 1.66. The van der Waals surface area contributed by atoms with E-state index in [0.717, 1.165) is 38.0 Å². The number of likely N-dealkylation sites (tertiary alicyclic amines) is 1. The molecule has 0 amide bonds. The lowest BCUT2D eigenvalue weighted by Crippen LogP contribution is -2.38. The minimum absolute atomic E-state index is 0.107. The molecule has 24 heavy (non-hydrogen) atoms. The van der Waals surface area contributed by atoms with Crippen LogP contribution in [0.15, 0.2) is 35.4 Å². The molecule has 0 radical (unpaired) electrons. The van der Waals surface area contributed by atoms with Gasteiger partial charge in [0.05, 0.1) is 6.20 Å². The van der Waals surface area contributed by atoms with Crippen molar-refractivity contribution in [3.63, 3.8) is 0 Å². The van der Waals surface area contributed by atoms with Crippen LogP contribution in [-0.2, 0) is 13.6 Å². The minimum atomic E-state index is 0.107. The highest BCUT2D eigenvalue weighted by Gasteiger charge is 2.27. The highest BCUT2D eigenvalue weighted by Crippen LogP contribution is 2.24. The molecule has 1 aliphatic heterocycles. The van der Waals surface area contributed by atoms with Gasteiger partial charge in [0.25, 0.3) is 0 Å². The number of hydrogen-bond acceptors (Lipinski definition) is 4. The van der Waals surface area contributed by atoms with Crippen LogP contribution in [0.4, 0.5) is 0 Å².